The first kappa shape index (κ1) is 21.5. The van der Waals surface area contributed by atoms with E-state index in [1.54, 1.807) is 0 Å². The number of benzene rings is 2. The van der Waals surface area contributed by atoms with E-state index < -0.39 is 0 Å². The normalized spacial score (nSPS) is 13.3. The van der Waals surface area contributed by atoms with Crippen molar-refractivity contribution in [2.75, 3.05) is 31.6 Å². The van der Waals surface area contributed by atoms with Gasteiger partial charge < -0.3 is 25.4 Å². The van der Waals surface area contributed by atoms with E-state index in [2.05, 4.69) is 20.9 Å². The first-order chi connectivity index (χ1) is 14.7. The minimum atomic E-state index is -0.0556. The zero-order chi connectivity index (χ0) is 21.2. The van der Waals surface area contributed by atoms with Crippen molar-refractivity contribution < 1.29 is 14.3 Å². The van der Waals surface area contributed by atoms with Gasteiger partial charge in [-0.15, -0.1) is 0 Å². The van der Waals surface area contributed by atoms with E-state index in [1.807, 2.05) is 56.3 Å². The Morgan fingerprint density at radius 2 is 1.87 bits per heavy atom. The van der Waals surface area contributed by atoms with Crippen LogP contribution in [0.15, 0.2) is 47.5 Å². The summed E-state index contributed by atoms with van der Waals surface area (Å²) in [5, 5.41) is 9.46. The van der Waals surface area contributed by atoms with Gasteiger partial charge in [0.2, 0.25) is 0 Å². The van der Waals surface area contributed by atoms with E-state index >= 15 is 0 Å². The van der Waals surface area contributed by atoms with Crippen LogP contribution in [-0.4, -0.2) is 38.2 Å². The van der Waals surface area contributed by atoms with Gasteiger partial charge in [0.1, 0.15) is 0 Å². The van der Waals surface area contributed by atoms with Crippen molar-refractivity contribution >= 4 is 17.6 Å². The lowest BCUT2D eigenvalue weighted by molar-refractivity contribution is 0.0953. The Bertz CT molecular complexity index is 883. The molecule has 160 valence electrons. The molecule has 1 amide bonds. The zero-order valence-corrected chi connectivity index (χ0v) is 17.7. The third kappa shape index (κ3) is 6.14. The van der Waals surface area contributed by atoms with E-state index in [4.69, 9.17) is 9.47 Å². The fraction of sp³-hybridized carbons (Fsp3) is 0.391. The van der Waals surface area contributed by atoms with Crippen molar-refractivity contribution in [3.8, 4) is 11.5 Å². The highest BCUT2D eigenvalue weighted by molar-refractivity contribution is 5.95. The van der Waals surface area contributed by atoms with Crippen LogP contribution in [0.1, 0.15) is 42.6 Å². The molecule has 30 heavy (non-hydrogen) atoms. The fourth-order valence-corrected chi connectivity index (χ4v) is 3.01. The molecular weight excluding hydrogens is 380 g/mol. The smallest absolute Gasteiger partial charge is 0.251 e. The molecular formula is C23H30N4O3. The van der Waals surface area contributed by atoms with Crippen molar-refractivity contribution in [2.24, 2.45) is 4.99 Å². The maximum atomic E-state index is 12.2. The van der Waals surface area contributed by atoms with Crippen LogP contribution in [-0.2, 0) is 6.54 Å². The molecule has 0 unspecified atom stereocenters. The Morgan fingerprint density at radius 3 is 2.67 bits per heavy atom. The van der Waals surface area contributed by atoms with Gasteiger partial charge in [-0.25, -0.2) is 4.99 Å². The molecule has 7 heteroatoms. The molecule has 1 heterocycles. The Kier molecular flexibility index (Phi) is 7.94. The molecule has 3 N–H and O–H groups in total. The van der Waals surface area contributed by atoms with Gasteiger partial charge in [-0.3, -0.25) is 4.79 Å². The van der Waals surface area contributed by atoms with Gasteiger partial charge in [0.15, 0.2) is 17.5 Å². The molecule has 3 rings (SSSR count). The Balaban J connectivity index is 1.69. The van der Waals surface area contributed by atoms with Crippen molar-refractivity contribution in [3.63, 3.8) is 0 Å². The molecule has 1 aliphatic rings. The standard InChI is InChI=1S/C23H30N4O3/c1-3-11-25-22(28)18-8-5-7-17(14-18)16-26-23(24-4-2)27-19-9-10-20-21(15-19)30-13-6-12-29-20/h5,7-10,14-15H,3-4,6,11-13,16H2,1-2H3,(H,25,28)(H2,24,26,27). The maximum Gasteiger partial charge on any atom is 0.251 e. The Morgan fingerprint density at radius 1 is 1.03 bits per heavy atom. The summed E-state index contributed by atoms with van der Waals surface area (Å²) in [6.45, 7) is 7.22. The maximum absolute atomic E-state index is 12.2. The van der Waals surface area contributed by atoms with E-state index in [1.165, 1.54) is 0 Å². The minimum Gasteiger partial charge on any atom is -0.490 e. The minimum absolute atomic E-state index is 0.0556. The van der Waals surface area contributed by atoms with Crippen LogP contribution in [0.5, 0.6) is 11.5 Å². The summed E-state index contributed by atoms with van der Waals surface area (Å²) < 4.78 is 11.4. The van der Waals surface area contributed by atoms with E-state index in [0.717, 1.165) is 42.1 Å². The van der Waals surface area contributed by atoms with Crippen LogP contribution < -0.4 is 25.4 Å². The second kappa shape index (κ2) is 11.1. The van der Waals surface area contributed by atoms with Gasteiger partial charge in [-0.05, 0) is 43.2 Å². The quantitative estimate of drug-likeness (QED) is 0.480. The average molecular weight is 411 g/mol. The highest BCUT2D eigenvalue weighted by Crippen LogP contribution is 2.32. The van der Waals surface area contributed by atoms with Gasteiger partial charge in [0.05, 0.1) is 19.8 Å². The number of fused-ring (bicyclic) bond motifs is 1. The van der Waals surface area contributed by atoms with Gasteiger partial charge >= 0.3 is 0 Å². The number of hydrogen-bond donors (Lipinski definition) is 3. The highest BCUT2D eigenvalue weighted by Gasteiger charge is 2.11. The van der Waals surface area contributed by atoms with Crippen LogP contribution in [0.3, 0.4) is 0 Å². The summed E-state index contributed by atoms with van der Waals surface area (Å²) in [7, 11) is 0. The molecule has 2 aromatic rings. The summed E-state index contributed by atoms with van der Waals surface area (Å²) in [6, 6.07) is 13.3. The first-order valence-electron chi connectivity index (χ1n) is 10.5. The van der Waals surface area contributed by atoms with Gasteiger partial charge in [-0.2, -0.15) is 0 Å². The number of anilines is 1. The fourth-order valence-electron chi connectivity index (χ4n) is 3.01. The molecule has 0 saturated carbocycles. The molecule has 1 aliphatic heterocycles. The number of amides is 1. The summed E-state index contributed by atoms with van der Waals surface area (Å²) in [6.07, 6.45) is 1.78. The molecule has 0 aromatic heterocycles. The summed E-state index contributed by atoms with van der Waals surface area (Å²) in [4.78, 5) is 16.8. The van der Waals surface area contributed by atoms with Gasteiger partial charge in [0, 0.05) is 36.8 Å². The number of aliphatic imine (C=N–C) groups is 1. The van der Waals surface area contributed by atoms with E-state index in [0.29, 0.717) is 37.8 Å². The second-order valence-electron chi connectivity index (χ2n) is 6.99. The van der Waals surface area contributed by atoms with E-state index in [-0.39, 0.29) is 5.91 Å². The number of carbonyl (C=O) groups excluding carboxylic acids is 1. The summed E-state index contributed by atoms with van der Waals surface area (Å²) >= 11 is 0. The lowest BCUT2D eigenvalue weighted by atomic mass is 10.1. The topological polar surface area (TPSA) is 84.0 Å². The predicted molar refractivity (Wildman–Crippen MR) is 120 cm³/mol. The summed E-state index contributed by atoms with van der Waals surface area (Å²) in [5.41, 5.74) is 2.48. The zero-order valence-electron chi connectivity index (χ0n) is 17.7. The lowest BCUT2D eigenvalue weighted by Gasteiger charge is -2.14. The summed E-state index contributed by atoms with van der Waals surface area (Å²) in [5.74, 6) is 2.10. The molecule has 0 saturated heterocycles. The number of ether oxygens (including phenoxy) is 2. The van der Waals surface area contributed by atoms with Crippen LogP contribution in [0.25, 0.3) is 0 Å². The van der Waals surface area contributed by atoms with Crippen molar-refractivity contribution in [1.82, 2.24) is 10.6 Å². The molecule has 2 aromatic carbocycles. The average Bonchev–Trinajstić information content (AvgIpc) is 3.01. The van der Waals surface area contributed by atoms with Gasteiger partial charge in [0.25, 0.3) is 5.91 Å². The molecule has 0 bridgehead atoms. The van der Waals surface area contributed by atoms with E-state index in [9.17, 15) is 4.79 Å². The number of nitrogens with zero attached hydrogens (tertiary/aromatic N) is 1. The van der Waals surface area contributed by atoms with Crippen LogP contribution in [0.4, 0.5) is 5.69 Å². The largest absolute Gasteiger partial charge is 0.490 e. The third-order valence-electron chi connectivity index (χ3n) is 4.50. The molecule has 0 fully saturated rings. The number of rotatable bonds is 7. The Labute approximate surface area is 177 Å². The van der Waals surface area contributed by atoms with Crippen LogP contribution in [0.2, 0.25) is 0 Å². The third-order valence-corrected chi connectivity index (χ3v) is 4.50. The second-order valence-corrected chi connectivity index (χ2v) is 6.99. The number of guanidine groups is 1. The Hall–Kier alpha value is -3.22. The van der Waals surface area contributed by atoms with Crippen molar-refractivity contribution in [3.05, 3.63) is 53.6 Å². The van der Waals surface area contributed by atoms with Gasteiger partial charge in [-0.1, -0.05) is 19.1 Å². The van der Waals surface area contributed by atoms with Crippen LogP contribution >= 0.6 is 0 Å². The van der Waals surface area contributed by atoms with Crippen molar-refractivity contribution in [2.45, 2.75) is 33.2 Å². The lowest BCUT2D eigenvalue weighted by Crippen LogP contribution is -2.30. The predicted octanol–water partition coefficient (Wildman–Crippen LogP) is 3.57. The molecule has 0 spiro atoms. The highest BCUT2D eigenvalue weighted by atomic mass is 16.5. The SMILES string of the molecule is CCCNC(=O)c1cccc(CN=C(NCC)Nc2ccc3c(c2)OCCCO3)c1. The van der Waals surface area contributed by atoms with Crippen molar-refractivity contribution in [1.29, 1.82) is 0 Å². The molecule has 0 radical (unpaired) electrons. The number of nitrogens with one attached hydrogen (secondary N) is 3. The monoisotopic (exact) mass is 410 g/mol. The number of carbonyl (C=O) groups is 1. The molecule has 0 aliphatic carbocycles. The first-order valence-corrected chi connectivity index (χ1v) is 10.5. The molecule has 0 atom stereocenters. The van der Waals surface area contributed by atoms with Crippen LogP contribution in [0, 0.1) is 0 Å². The number of hydrogen-bond acceptors (Lipinski definition) is 4. The molecule has 7 nitrogen and oxygen atoms in total.